The zero-order valence-electron chi connectivity index (χ0n) is 29.0. The molecule has 2 heterocycles. The number of nitrogens with zero attached hydrogens (tertiary/aromatic N) is 2. The van der Waals surface area contributed by atoms with E-state index in [-0.39, 0.29) is 55.3 Å². The molecule has 0 radical (unpaired) electrons. The number of carboxylic acid groups (broad SMARTS) is 1. The lowest BCUT2D eigenvalue weighted by molar-refractivity contribution is -0.140. The van der Waals surface area contributed by atoms with Gasteiger partial charge in [0.05, 0.1) is 23.6 Å². The molecule has 2 bridgehead atoms. The molecule has 0 spiro atoms. The van der Waals surface area contributed by atoms with E-state index in [0.29, 0.717) is 48.9 Å². The third-order valence-electron chi connectivity index (χ3n) is 9.27. The number of carbonyl (C=O) groups is 2. The molecule has 0 unspecified atom stereocenters. The topological polar surface area (TPSA) is 91.6 Å². The maximum Gasteiger partial charge on any atom is 0.419 e. The van der Waals surface area contributed by atoms with Crippen LogP contribution < -0.4 is 10.9 Å². The van der Waals surface area contributed by atoms with E-state index >= 15 is 4.39 Å². The van der Waals surface area contributed by atoms with Gasteiger partial charge >= 0.3 is 18.3 Å². The summed E-state index contributed by atoms with van der Waals surface area (Å²) in [4.78, 5) is 41.0. The minimum absolute atomic E-state index is 0.103. The van der Waals surface area contributed by atoms with E-state index in [4.69, 9.17) is 0 Å². The monoisotopic (exact) mass is 743 g/mol. The van der Waals surface area contributed by atoms with Crippen LogP contribution in [0.3, 0.4) is 0 Å². The molecule has 15 heteroatoms. The Bertz CT molecular complexity index is 1840. The molecule has 0 saturated carbocycles. The number of fused-ring (bicyclic) bond motifs is 4. The Morgan fingerprint density at radius 1 is 0.904 bits per heavy atom. The highest BCUT2D eigenvalue weighted by atomic mass is 19.4. The molecular formula is C37H41F8N3O4. The second-order valence-electron chi connectivity index (χ2n) is 13.4. The first-order valence-corrected chi connectivity index (χ1v) is 17.0. The Hall–Kier alpha value is -4.27. The molecule has 1 amide bonds. The smallest absolute Gasteiger partial charge is 0.419 e. The van der Waals surface area contributed by atoms with Crippen molar-refractivity contribution in [3.63, 3.8) is 0 Å². The van der Waals surface area contributed by atoms with Crippen LogP contribution >= 0.6 is 0 Å². The molecule has 0 fully saturated rings. The number of likely N-dealkylation sites (N-methyl/N-ethyl adjacent to an activating group) is 1. The number of hydrogen-bond donors (Lipinski definition) is 2. The lowest BCUT2D eigenvalue weighted by Crippen LogP contribution is -2.40. The summed E-state index contributed by atoms with van der Waals surface area (Å²) in [6, 6.07) is 0.939. The van der Waals surface area contributed by atoms with E-state index in [1.807, 2.05) is 0 Å². The van der Waals surface area contributed by atoms with Gasteiger partial charge in [0.25, 0.3) is 5.56 Å². The summed E-state index contributed by atoms with van der Waals surface area (Å²) in [7, 11) is 3.28. The lowest BCUT2D eigenvalue weighted by Gasteiger charge is -2.27. The zero-order valence-corrected chi connectivity index (χ0v) is 29.0. The van der Waals surface area contributed by atoms with Gasteiger partial charge in [-0.2, -0.15) is 26.3 Å². The first-order valence-electron chi connectivity index (χ1n) is 17.0. The molecule has 4 rings (SSSR count). The van der Waals surface area contributed by atoms with Gasteiger partial charge in [0.15, 0.2) is 0 Å². The maximum absolute atomic E-state index is 16.0. The highest BCUT2D eigenvalue weighted by Gasteiger charge is 2.39. The van der Waals surface area contributed by atoms with E-state index in [9.17, 15) is 50.2 Å². The number of rotatable bonds is 7. The average Bonchev–Trinajstić information content (AvgIpc) is 3.03. The molecule has 52 heavy (non-hydrogen) atoms. The number of hydrogen-bond acceptors (Lipinski definition) is 4. The highest BCUT2D eigenvalue weighted by Crippen LogP contribution is 2.41. The molecule has 2 aromatic carbocycles. The van der Waals surface area contributed by atoms with Gasteiger partial charge in [0.1, 0.15) is 17.7 Å². The summed E-state index contributed by atoms with van der Waals surface area (Å²) in [6.07, 6.45) is -7.57. The SMILES string of the molecule is CCc1cc(F)cc2c1-c1cc(c(F)c(C(F)(F)F)c1)[C@H](CC(=O)O)NC(=O)[C@@H](n1cc(CCN(C)C)c(C(F)(F)F)cc1=O)CCCCCCC2. The van der Waals surface area contributed by atoms with Crippen LogP contribution in [0.15, 0.2) is 41.3 Å². The Labute approximate surface area is 295 Å². The minimum atomic E-state index is -5.26. The normalized spacial score (nSPS) is 17.9. The number of amides is 1. The summed E-state index contributed by atoms with van der Waals surface area (Å²) in [5.74, 6) is -5.13. The zero-order chi connectivity index (χ0) is 38.5. The summed E-state index contributed by atoms with van der Waals surface area (Å²) in [6.45, 7) is 1.83. The number of alkyl halides is 6. The second kappa shape index (κ2) is 16.6. The number of carbonyl (C=O) groups excluding carboxylic acids is 1. The van der Waals surface area contributed by atoms with Gasteiger partial charge in [-0.25, -0.2) is 8.78 Å². The van der Waals surface area contributed by atoms with Crippen molar-refractivity contribution in [3.05, 3.63) is 91.9 Å². The van der Waals surface area contributed by atoms with E-state index in [1.54, 1.807) is 25.9 Å². The van der Waals surface area contributed by atoms with Crippen LogP contribution in [0.2, 0.25) is 0 Å². The standard InChI is InChI=1S/C37H41F8N3O4/c1-4-21-14-25(38)15-22-10-8-6-5-7-9-11-30(48-20-23(12-13-47(2)3)27(18-31(48)49)36(40,41)42)35(52)46-29(19-32(50)51)26-16-24(33(21)22)17-28(34(26)39)37(43,44)45/h14-18,20,29-30H,4-13,19H2,1-3H3,(H,46,52)(H,50,51)/t29-,30-/m0/s1. The minimum Gasteiger partial charge on any atom is -0.481 e. The van der Waals surface area contributed by atoms with E-state index in [2.05, 4.69) is 5.32 Å². The number of pyridine rings is 1. The molecule has 3 aromatic rings. The van der Waals surface area contributed by atoms with Crippen molar-refractivity contribution in [2.45, 2.75) is 95.6 Å². The summed E-state index contributed by atoms with van der Waals surface area (Å²) in [5, 5.41) is 12.1. The van der Waals surface area contributed by atoms with Crippen molar-refractivity contribution in [2.75, 3.05) is 20.6 Å². The van der Waals surface area contributed by atoms with Gasteiger partial charge in [0.2, 0.25) is 5.91 Å². The van der Waals surface area contributed by atoms with Gasteiger partial charge in [-0.15, -0.1) is 0 Å². The second-order valence-corrected chi connectivity index (χ2v) is 13.4. The average molecular weight is 744 g/mol. The van der Waals surface area contributed by atoms with Crippen molar-refractivity contribution in [1.82, 2.24) is 14.8 Å². The highest BCUT2D eigenvalue weighted by molar-refractivity contribution is 5.82. The number of carboxylic acids is 1. The van der Waals surface area contributed by atoms with Crippen LogP contribution in [0, 0.1) is 11.6 Å². The molecule has 1 aromatic heterocycles. The van der Waals surface area contributed by atoms with Crippen molar-refractivity contribution in [1.29, 1.82) is 0 Å². The molecule has 0 saturated heterocycles. The predicted octanol–water partition coefficient (Wildman–Crippen LogP) is 8.27. The van der Waals surface area contributed by atoms with Gasteiger partial charge in [0, 0.05) is 24.4 Å². The summed E-state index contributed by atoms with van der Waals surface area (Å²) >= 11 is 0. The summed E-state index contributed by atoms with van der Waals surface area (Å²) in [5.41, 5.74) is -4.37. The van der Waals surface area contributed by atoms with Crippen molar-refractivity contribution in [3.8, 4) is 11.1 Å². The Kier molecular flexibility index (Phi) is 12.9. The van der Waals surface area contributed by atoms with Gasteiger partial charge in [-0.05, 0) is 98.3 Å². The lowest BCUT2D eigenvalue weighted by atomic mass is 9.86. The number of nitrogens with one attached hydrogen (secondary N) is 1. The van der Waals surface area contributed by atoms with Crippen molar-refractivity contribution >= 4 is 11.9 Å². The van der Waals surface area contributed by atoms with Gasteiger partial charge in [-0.1, -0.05) is 32.6 Å². The van der Waals surface area contributed by atoms with E-state index in [1.165, 1.54) is 12.1 Å². The van der Waals surface area contributed by atoms with Crippen LogP contribution in [-0.2, 0) is 41.2 Å². The molecule has 284 valence electrons. The quantitative estimate of drug-likeness (QED) is 0.238. The number of aliphatic carboxylic acids is 1. The molecule has 2 atom stereocenters. The molecule has 0 aliphatic carbocycles. The molecule has 1 aliphatic rings. The van der Waals surface area contributed by atoms with E-state index in [0.717, 1.165) is 16.8 Å². The Morgan fingerprint density at radius 3 is 2.17 bits per heavy atom. The molecule has 1 aliphatic heterocycles. The van der Waals surface area contributed by atoms with Crippen LogP contribution in [0.25, 0.3) is 11.1 Å². The number of halogens is 8. The first-order chi connectivity index (χ1) is 24.3. The Morgan fingerprint density at radius 2 is 1.56 bits per heavy atom. The van der Waals surface area contributed by atoms with Crippen LogP contribution in [0.5, 0.6) is 0 Å². The fraction of sp³-hybridized carbons (Fsp3) is 0.486. The van der Waals surface area contributed by atoms with Crippen LogP contribution in [0.4, 0.5) is 35.1 Å². The fourth-order valence-electron chi connectivity index (χ4n) is 6.73. The fourth-order valence-corrected chi connectivity index (χ4v) is 6.73. The number of aromatic nitrogens is 1. The summed E-state index contributed by atoms with van der Waals surface area (Å²) < 4.78 is 117. The predicted molar refractivity (Wildman–Crippen MR) is 178 cm³/mol. The maximum atomic E-state index is 16.0. The third kappa shape index (κ3) is 9.78. The van der Waals surface area contributed by atoms with Crippen molar-refractivity contribution in [2.24, 2.45) is 0 Å². The third-order valence-corrected chi connectivity index (χ3v) is 9.27. The first kappa shape index (κ1) is 40.5. The van der Waals surface area contributed by atoms with Gasteiger partial charge < -0.3 is 19.9 Å². The number of aryl methyl sites for hydroxylation is 2. The van der Waals surface area contributed by atoms with Gasteiger partial charge in [-0.3, -0.25) is 14.4 Å². The molecular weight excluding hydrogens is 702 g/mol. The van der Waals surface area contributed by atoms with Crippen molar-refractivity contribution < 1.29 is 49.8 Å². The number of benzene rings is 2. The van der Waals surface area contributed by atoms with Crippen LogP contribution in [-0.4, -0.2) is 47.1 Å². The molecule has 7 nitrogen and oxygen atoms in total. The Balaban J connectivity index is 1.95. The van der Waals surface area contributed by atoms with Crippen LogP contribution in [0.1, 0.15) is 97.3 Å². The van der Waals surface area contributed by atoms with E-state index < -0.39 is 76.6 Å². The largest absolute Gasteiger partial charge is 0.481 e. The molecule has 2 N–H and O–H groups in total.